The van der Waals surface area contributed by atoms with Crippen molar-refractivity contribution in [2.24, 2.45) is 0 Å². The molecule has 2 aromatic heterocycles. The molecule has 1 fully saturated rings. The number of hydrogen-bond donors (Lipinski definition) is 1. The summed E-state index contributed by atoms with van der Waals surface area (Å²) in [5, 5.41) is 3.26. The standard InChI is InChI=1S/C24H26FN7.2C2H6/c1-30-8-10-31(11-9-30)16-19-4-7-21-22(12-19)32(17-28-21)24-15-26-14-23(29-24)27-13-18-2-5-20(25)6-3-18;2*1-2/h2-7,12,14-15,17H,8-11,13,16H2,1H3,(H,27,29);2*1-2H3. The summed E-state index contributed by atoms with van der Waals surface area (Å²) in [4.78, 5) is 18.5. The second-order valence-corrected chi connectivity index (χ2v) is 8.26. The zero-order valence-electron chi connectivity index (χ0n) is 22.1. The molecule has 1 saturated heterocycles. The van der Waals surface area contributed by atoms with Gasteiger partial charge in [-0.3, -0.25) is 14.5 Å². The molecule has 5 rings (SSSR count). The van der Waals surface area contributed by atoms with E-state index in [1.54, 1.807) is 30.9 Å². The van der Waals surface area contributed by atoms with E-state index in [-0.39, 0.29) is 5.82 Å². The topological polar surface area (TPSA) is 62.1 Å². The number of nitrogens with zero attached hydrogens (tertiary/aromatic N) is 6. The number of anilines is 1. The zero-order valence-corrected chi connectivity index (χ0v) is 22.1. The number of rotatable bonds is 6. The maximum absolute atomic E-state index is 13.1. The SMILES string of the molecule is CC.CC.CN1CCN(Cc2ccc3ncn(-c4cncc(NCc5ccc(F)cc5)n4)c3c2)CC1. The monoisotopic (exact) mass is 491 g/mol. The molecule has 0 radical (unpaired) electrons. The first kappa shape index (κ1) is 27.2. The fraction of sp³-hybridized carbons (Fsp3) is 0.393. The Kier molecular flexibility index (Phi) is 10.3. The van der Waals surface area contributed by atoms with Crippen molar-refractivity contribution in [2.45, 2.75) is 40.8 Å². The molecule has 192 valence electrons. The number of imidazole rings is 1. The quantitative estimate of drug-likeness (QED) is 0.391. The first-order valence-corrected chi connectivity index (χ1v) is 12.8. The van der Waals surface area contributed by atoms with Gasteiger partial charge in [0.15, 0.2) is 5.82 Å². The van der Waals surface area contributed by atoms with E-state index in [2.05, 4.69) is 50.3 Å². The average Bonchev–Trinajstić information content (AvgIpc) is 3.35. The van der Waals surface area contributed by atoms with Crippen LogP contribution in [0.5, 0.6) is 0 Å². The molecule has 0 unspecified atom stereocenters. The lowest BCUT2D eigenvalue weighted by molar-refractivity contribution is 0.148. The van der Waals surface area contributed by atoms with Crippen LogP contribution in [0.4, 0.5) is 10.2 Å². The second kappa shape index (κ2) is 13.7. The van der Waals surface area contributed by atoms with Crippen LogP contribution in [0.3, 0.4) is 0 Å². The van der Waals surface area contributed by atoms with Gasteiger partial charge in [-0.05, 0) is 42.4 Å². The van der Waals surface area contributed by atoms with E-state index in [1.807, 2.05) is 32.3 Å². The summed E-state index contributed by atoms with van der Waals surface area (Å²) in [5.41, 5.74) is 4.18. The van der Waals surface area contributed by atoms with Gasteiger partial charge in [0.25, 0.3) is 0 Å². The third-order valence-corrected chi connectivity index (χ3v) is 5.87. The minimum Gasteiger partial charge on any atom is -0.365 e. The molecule has 1 aliphatic rings. The Morgan fingerprint density at radius 2 is 1.58 bits per heavy atom. The summed E-state index contributed by atoms with van der Waals surface area (Å²) < 4.78 is 15.1. The van der Waals surface area contributed by atoms with E-state index >= 15 is 0 Å². The van der Waals surface area contributed by atoms with Gasteiger partial charge < -0.3 is 10.2 Å². The van der Waals surface area contributed by atoms with E-state index < -0.39 is 0 Å². The van der Waals surface area contributed by atoms with Crippen LogP contribution < -0.4 is 5.32 Å². The van der Waals surface area contributed by atoms with Crippen molar-refractivity contribution in [3.8, 4) is 5.82 Å². The van der Waals surface area contributed by atoms with E-state index in [9.17, 15) is 4.39 Å². The number of likely N-dealkylation sites (N-methyl/N-ethyl adjacent to an activating group) is 1. The van der Waals surface area contributed by atoms with E-state index in [0.29, 0.717) is 18.2 Å². The zero-order chi connectivity index (χ0) is 25.9. The van der Waals surface area contributed by atoms with Gasteiger partial charge >= 0.3 is 0 Å². The van der Waals surface area contributed by atoms with Gasteiger partial charge in [-0.2, -0.15) is 0 Å². The van der Waals surface area contributed by atoms with Gasteiger partial charge in [0.1, 0.15) is 18.0 Å². The highest BCUT2D eigenvalue weighted by molar-refractivity contribution is 5.77. The highest BCUT2D eigenvalue weighted by Crippen LogP contribution is 2.20. The molecule has 0 bridgehead atoms. The van der Waals surface area contributed by atoms with Crippen LogP contribution in [0, 0.1) is 5.82 Å². The molecular weight excluding hydrogens is 453 g/mol. The van der Waals surface area contributed by atoms with Crippen LogP contribution in [0.25, 0.3) is 16.9 Å². The first-order chi connectivity index (χ1) is 17.6. The van der Waals surface area contributed by atoms with Crippen LogP contribution in [-0.4, -0.2) is 62.5 Å². The smallest absolute Gasteiger partial charge is 0.159 e. The van der Waals surface area contributed by atoms with E-state index in [0.717, 1.165) is 49.3 Å². The number of benzene rings is 2. The molecule has 0 aliphatic carbocycles. The average molecular weight is 492 g/mol. The fourth-order valence-corrected chi connectivity index (χ4v) is 3.95. The lowest BCUT2D eigenvalue weighted by Crippen LogP contribution is -2.43. The van der Waals surface area contributed by atoms with Gasteiger partial charge in [-0.25, -0.2) is 14.4 Å². The predicted octanol–water partition coefficient (Wildman–Crippen LogP) is 5.37. The molecule has 36 heavy (non-hydrogen) atoms. The summed E-state index contributed by atoms with van der Waals surface area (Å²) >= 11 is 0. The molecule has 4 aromatic rings. The van der Waals surface area contributed by atoms with Crippen molar-refractivity contribution in [1.29, 1.82) is 0 Å². The molecule has 0 saturated carbocycles. The van der Waals surface area contributed by atoms with Gasteiger partial charge in [0.05, 0.1) is 23.4 Å². The maximum atomic E-state index is 13.1. The molecule has 8 heteroatoms. The molecule has 7 nitrogen and oxygen atoms in total. The second-order valence-electron chi connectivity index (χ2n) is 8.26. The number of hydrogen-bond acceptors (Lipinski definition) is 6. The Bertz CT molecular complexity index is 1200. The molecule has 3 heterocycles. The number of halogens is 1. The largest absolute Gasteiger partial charge is 0.365 e. The number of nitrogens with one attached hydrogen (secondary N) is 1. The maximum Gasteiger partial charge on any atom is 0.159 e. The van der Waals surface area contributed by atoms with Crippen LogP contribution in [0.2, 0.25) is 0 Å². The van der Waals surface area contributed by atoms with Gasteiger partial charge in [0, 0.05) is 39.3 Å². The summed E-state index contributed by atoms with van der Waals surface area (Å²) in [5.74, 6) is 1.12. The molecule has 2 aromatic carbocycles. The third kappa shape index (κ3) is 7.08. The van der Waals surface area contributed by atoms with Gasteiger partial charge in [0.2, 0.25) is 0 Å². The van der Waals surface area contributed by atoms with Crippen LogP contribution in [0.15, 0.2) is 61.2 Å². The molecule has 1 aliphatic heterocycles. The van der Waals surface area contributed by atoms with Crippen LogP contribution >= 0.6 is 0 Å². The Hall–Kier alpha value is -3.36. The van der Waals surface area contributed by atoms with Crippen molar-refractivity contribution < 1.29 is 4.39 Å². The Morgan fingerprint density at radius 1 is 0.889 bits per heavy atom. The normalized spacial score (nSPS) is 13.9. The Morgan fingerprint density at radius 3 is 2.31 bits per heavy atom. The molecular formula is C28H38FN7. The lowest BCUT2D eigenvalue weighted by atomic mass is 10.1. The molecule has 0 amide bonds. The summed E-state index contributed by atoms with van der Waals surface area (Å²) in [7, 11) is 2.17. The number of aromatic nitrogens is 4. The number of piperazine rings is 1. The first-order valence-electron chi connectivity index (χ1n) is 12.8. The highest BCUT2D eigenvalue weighted by atomic mass is 19.1. The van der Waals surface area contributed by atoms with Crippen molar-refractivity contribution in [1.82, 2.24) is 29.3 Å². The Balaban J connectivity index is 0.000000861. The minimum absolute atomic E-state index is 0.241. The van der Waals surface area contributed by atoms with E-state index in [4.69, 9.17) is 4.98 Å². The summed E-state index contributed by atoms with van der Waals surface area (Å²) in [6, 6.07) is 12.8. The summed E-state index contributed by atoms with van der Waals surface area (Å²) in [6.07, 6.45) is 5.21. The van der Waals surface area contributed by atoms with E-state index in [1.165, 1.54) is 17.7 Å². The third-order valence-electron chi connectivity index (χ3n) is 5.87. The Labute approximate surface area is 214 Å². The molecule has 0 spiro atoms. The van der Waals surface area contributed by atoms with Gasteiger partial charge in [-0.15, -0.1) is 0 Å². The van der Waals surface area contributed by atoms with Crippen molar-refractivity contribution >= 4 is 16.9 Å². The predicted molar refractivity (Wildman–Crippen MR) is 146 cm³/mol. The highest BCUT2D eigenvalue weighted by Gasteiger charge is 2.15. The molecule has 1 N–H and O–H groups in total. The van der Waals surface area contributed by atoms with Gasteiger partial charge in [-0.1, -0.05) is 45.9 Å². The van der Waals surface area contributed by atoms with Crippen LogP contribution in [-0.2, 0) is 13.1 Å². The van der Waals surface area contributed by atoms with Crippen molar-refractivity contribution in [2.75, 3.05) is 38.5 Å². The summed E-state index contributed by atoms with van der Waals surface area (Å²) in [6.45, 7) is 13.8. The van der Waals surface area contributed by atoms with Crippen molar-refractivity contribution in [3.63, 3.8) is 0 Å². The van der Waals surface area contributed by atoms with Crippen molar-refractivity contribution in [3.05, 3.63) is 78.1 Å². The van der Waals surface area contributed by atoms with Crippen LogP contribution in [0.1, 0.15) is 38.8 Å². The fourth-order valence-electron chi connectivity index (χ4n) is 3.95. The minimum atomic E-state index is -0.241. The number of fused-ring (bicyclic) bond motifs is 1. The molecule has 0 atom stereocenters. The lowest BCUT2D eigenvalue weighted by Gasteiger charge is -2.32.